The van der Waals surface area contributed by atoms with Crippen LogP contribution in [0.15, 0.2) is 29.2 Å². The van der Waals surface area contributed by atoms with Crippen molar-refractivity contribution in [3.05, 3.63) is 29.8 Å². The normalized spacial score (nSPS) is 24.0. The van der Waals surface area contributed by atoms with E-state index in [1.54, 1.807) is 0 Å². The molecule has 2 rings (SSSR count). The Kier molecular flexibility index (Phi) is 4.11. The van der Waals surface area contributed by atoms with Crippen molar-refractivity contribution in [3.63, 3.8) is 0 Å². The first-order valence-corrected chi connectivity index (χ1v) is 7.74. The van der Waals surface area contributed by atoms with Gasteiger partial charge in [0.25, 0.3) is 0 Å². The van der Waals surface area contributed by atoms with Crippen LogP contribution in [-0.2, 0) is 20.8 Å². The first-order chi connectivity index (χ1) is 9.26. The summed E-state index contributed by atoms with van der Waals surface area (Å²) in [5.41, 5.74) is -1.10. The number of ether oxygens (including phenoxy) is 1. The van der Waals surface area contributed by atoms with Gasteiger partial charge in [0.1, 0.15) is 0 Å². The van der Waals surface area contributed by atoms with Gasteiger partial charge in [-0.3, -0.25) is 0 Å². The first-order valence-electron chi connectivity index (χ1n) is 6.19. The predicted octanol–water partition coefficient (Wildman–Crippen LogP) is 3.05. The highest BCUT2D eigenvalue weighted by atomic mass is 32.2. The van der Waals surface area contributed by atoms with E-state index in [9.17, 15) is 21.6 Å². The quantitative estimate of drug-likeness (QED) is 0.862. The Balaban J connectivity index is 2.41. The predicted molar refractivity (Wildman–Crippen MR) is 67.1 cm³/mol. The van der Waals surface area contributed by atoms with Crippen molar-refractivity contribution >= 4 is 9.84 Å². The molecule has 1 fully saturated rings. The minimum Gasteiger partial charge on any atom is -0.381 e. The number of alkyl halides is 3. The lowest BCUT2D eigenvalue weighted by Crippen LogP contribution is -2.23. The van der Waals surface area contributed by atoms with E-state index in [1.165, 1.54) is 19.2 Å². The summed E-state index contributed by atoms with van der Waals surface area (Å²) in [6.45, 7) is 0. The fraction of sp³-hybridized carbons (Fsp3) is 0.538. The van der Waals surface area contributed by atoms with Gasteiger partial charge in [-0.25, -0.2) is 8.42 Å². The standard InChI is InChI=1S/C13H15F3O3S/c1-19-9-6-7-10(8-9)20(17,18)12-5-3-2-4-11(12)13(14,15)16/h2-5,9-10H,6-8H2,1H3. The summed E-state index contributed by atoms with van der Waals surface area (Å²) in [6, 6.07) is 4.33. The van der Waals surface area contributed by atoms with E-state index in [1.807, 2.05) is 0 Å². The number of hydrogen-bond donors (Lipinski definition) is 0. The van der Waals surface area contributed by atoms with E-state index in [0.717, 1.165) is 12.1 Å². The van der Waals surface area contributed by atoms with Crippen LogP contribution in [-0.4, -0.2) is 26.9 Å². The van der Waals surface area contributed by atoms with Crippen LogP contribution in [0.4, 0.5) is 13.2 Å². The van der Waals surface area contributed by atoms with Gasteiger partial charge in [-0.1, -0.05) is 12.1 Å². The van der Waals surface area contributed by atoms with Gasteiger partial charge in [-0.05, 0) is 31.4 Å². The number of hydrogen-bond acceptors (Lipinski definition) is 3. The average molecular weight is 308 g/mol. The third-order valence-electron chi connectivity index (χ3n) is 3.61. The Hall–Kier alpha value is -1.08. The maximum atomic E-state index is 12.9. The number of rotatable bonds is 3. The molecule has 0 aromatic heterocycles. The average Bonchev–Trinajstić information content (AvgIpc) is 2.87. The summed E-state index contributed by atoms with van der Waals surface area (Å²) < 4.78 is 68.7. The molecule has 0 amide bonds. The van der Waals surface area contributed by atoms with Crippen LogP contribution < -0.4 is 0 Å². The molecule has 0 saturated heterocycles. The smallest absolute Gasteiger partial charge is 0.381 e. The molecular formula is C13H15F3O3S. The summed E-state index contributed by atoms with van der Waals surface area (Å²) in [4.78, 5) is -0.630. The van der Waals surface area contributed by atoms with Crippen molar-refractivity contribution in [1.29, 1.82) is 0 Å². The van der Waals surface area contributed by atoms with Crippen molar-refractivity contribution in [2.24, 2.45) is 0 Å². The zero-order chi connectivity index (χ0) is 15.0. The van der Waals surface area contributed by atoms with Crippen molar-refractivity contribution in [2.75, 3.05) is 7.11 Å². The molecule has 0 spiro atoms. The maximum Gasteiger partial charge on any atom is 0.417 e. The highest BCUT2D eigenvalue weighted by Gasteiger charge is 2.41. The molecule has 1 aromatic rings. The molecule has 2 unspecified atom stereocenters. The minimum atomic E-state index is -4.68. The third-order valence-corrected chi connectivity index (χ3v) is 5.88. The fourth-order valence-corrected chi connectivity index (χ4v) is 4.56. The van der Waals surface area contributed by atoms with Crippen LogP contribution in [0.2, 0.25) is 0 Å². The summed E-state index contributed by atoms with van der Waals surface area (Å²) in [5, 5.41) is -0.809. The van der Waals surface area contributed by atoms with Crippen LogP contribution in [0, 0.1) is 0 Å². The Morgan fingerprint density at radius 1 is 1.20 bits per heavy atom. The van der Waals surface area contributed by atoms with Gasteiger partial charge < -0.3 is 4.74 Å². The molecule has 2 atom stereocenters. The van der Waals surface area contributed by atoms with Gasteiger partial charge in [0, 0.05) is 7.11 Å². The third kappa shape index (κ3) is 2.83. The summed E-state index contributed by atoms with van der Waals surface area (Å²) in [6.07, 6.45) is -3.76. The number of benzene rings is 1. The van der Waals surface area contributed by atoms with Crippen LogP contribution in [0.3, 0.4) is 0 Å². The van der Waals surface area contributed by atoms with E-state index in [4.69, 9.17) is 4.74 Å². The molecule has 1 aliphatic carbocycles. The molecule has 0 heterocycles. The minimum absolute atomic E-state index is 0.201. The molecule has 1 aliphatic rings. The Morgan fingerprint density at radius 2 is 1.85 bits per heavy atom. The maximum absolute atomic E-state index is 12.9. The monoisotopic (exact) mass is 308 g/mol. The Labute approximate surface area is 115 Å². The molecule has 0 radical (unpaired) electrons. The van der Waals surface area contributed by atoms with Crippen molar-refractivity contribution < 1.29 is 26.3 Å². The van der Waals surface area contributed by atoms with E-state index >= 15 is 0 Å². The van der Waals surface area contributed by atoms with E-state index in [-0.39, 0.29) is 12.5 Å². The van der Waals surface area contributed by atoms with Gasteiger partial charge in [-0.15, -0.1) is 0 Å². The second-order valence-electron chi connectivity index (χ2n) is 4.83. The summed E-state index contributed by atoms with van der Waals surface area (Å²) in [7, 11) is -2.52. The molecule has 1 saturated carbocycles. The van der Waals surface area contributed by atoms with Gasteiger partial charge in [0.2, 0.25) is 0 Å². The molecule has 0 aliphatic heterocycles. The van der Waals surface area contributed by atoms with Crippen LogP contribution in [0.5, 0.6) is 0 Å². The van der Waals surface area contributed by atoms with Gasteiger partial charge >= 0.3 is 6.18 Å². The van der Waals surface area contributed by atoms with E-state index in [0.29, 0.717) is 12.8 Å². The van der Waals surface area contributed by atoms with Crippen LogP contribution >= 0.6 is 0 Å². The first kappa shape index (κ1) is 15.3. The molecule has 1 aromatic carbocycles. The lowest BCUT2D eigenvalue weighted by molar-refractivity contribution is -0.139. The van der Waals surface area contributed by atoms with Crippen molar-refractivity contribution in [2.45, 2.75) is 41.7 Å². The highest BCUT2D eigenvalue weighted by molar-refractivity contribution is 7.92. The molecular weight excluding hydrogens is 293 g/mol. The highest BCUT2D eigenvalue weighted by Crippen LogP contribution is 2.38. The van der Waals surface area contributed by atoms with E-state index in [2.05, 4.69) is 0 Å². The van der Waals surface area contributed by atoms with Crippen molar-refractivity contribution in [3.8, 4) is 0 Å². The van der Waals surface area contributed by atoms with Crippen molar-refractivity contribution in [1.82, 2.24) is 0 Å². The molecule has 0 N–H and O–H groups in total. The number of halogens is 3. The molecule has 112 valence electrons. The zero-order valence-electron chi connectivity index (χ0n) is 10.9. The molecule has 7 heteroatoms. The zero-order valence-corrected chi connectivity index (χ0v) is 11.7. The topological polar surface area (TPSA) is 43.4 Å². The molecule has 0 bridgehead atoms. The summed E-state index contributed by atoms with van der Waals surface area (Å²) >= 11 is 0. The molecule has 20 heavy (non-hydrogen) atoms. The summed E-state index contributed by atoms with van der Waals surface area (Å²) in [5.74, 6) is 0. The second kappa shape index (κ2) is 5.37. The largest absolute Gasteiger partial charge is 0.417 e. The Bertz CT molecular complexity index is 581. The molecule has 3 nitrogen and oxygen atoms in total. The SMILES string of the molecule is COC1CCC(S(=O)(=O)c2ccccc2C(F)(F)F)C1. The van der Waals surface area contributed by atoms with Crippen LogP contribution in [0.25, 0.3) is 0 Å². The lowest BCUT2D eigenvalue weighted by atomic mass is 10.2. The fourth-order valence-electron chi connectivity index (χ4n) is 2.53. The second-order valence-corrected chi connectivity index (χ2v) is 7.03. The van der Waals surface area contributed by atoms with Gasteiger partial charge in [-0.2, -0.15) is 13.2 Å². The van der Waals surface area contributed by atoms with E-state index < -0.39 is 31.7 Å². The van der Waals surface area contributed by atoms with Crippen LogP contribution in [0.1, 0.15) is 24.8 Å². The van der Waals surface area contributed by atoms with Gasteiger partial charge in [0.15, 0.2) is 9.84 Å². The Morgan fingerprint density at radius 3 is 2.40 bits per heavy atom. The number of methoxy groups -OCH3 is 1. The lowest BCUT2D eigenvalue weighted by Gasteiger charge is -2.17. The number of sulfone groups is 1. The van der Waals surface area contributed by atoms with Gasteiger partial charge in [0.05, 0.1) is 21.8 Å².